The van der Waals surface area contributed by atoms with Gasteiger partial charge in [-0.2, -0.15) is 5.26 Å². The van der Waals surface area contributed by atoms with E-state index in [1.165, 1.54) is 36.5 Å². The summed E-state index contributed by atoms with van der Waals surface area (Å²) in [6.07, 6.45) is 1.30. The fraction of sp³-hybridized carbons (Fsp3) is 0. The van der Waals surface area contributed by atoms with E-state index in [9.17, 15) is 14.9 Å². The van der Waals surface area contributed by atoms with E-state index in [1.54, 1.807) is 0 Å². The summed E-state index contributed by atoms with van der Waals surface area (Å²) in [5, 5.41) is 21.6. The Kier molecular flexibility index (Phi) is 4.11. The number of amides is 1. The molecule has 0 unspecified atom stereocenters. The highest BCUT2D eigenvalue weighted by Crippen LogP contribution is 2.28. The molecule has 1 N–H and O–H groups in total. The van der Waals surface area contributed by atoms with Gasteiger partial charge in [0.1, 0.15) is 16.9 Å². The molecule has 7 nitrogen and oxygen atoms in total. The molecule has 104 valence electrons. The van der Waals surface area contributed by atoms with Gasteiger partial charge in [-0.25, -0.2) is 4.98 Å². The van der Waals surface area contributed by atoms with Gasteiger partial charge in [-0.15, -0.1) is 0 Å². The molecule has 0 fully saturated rings. The van der Waals surface area contributed by atoms with Crippen molar-refractivity contribution in [2.75, 3.05) is 5.32 Å². The molecule has 1 heterocycles. The second-order valence-electron chi connectivity index (χ2n) is 3.89. The standard InChI is InChI=1S/C13H7ClN4O3/c14-12-9(2-1-3-10(12)18(20)21)13(19)17-11-5-4-8(6-15)7-16-11/h1-5,7H,(H,16,17,19). The van der Waals surface area contributed by atoms with Crippen LogP contribution in [0.2, 0.25) is 5.02 Å². The number of anilines is 1. The van der Waals surface area contributed by atoms with E-state index in [-0.39, 0.29) is 22.1 Å². The predicted molar refractivity (Wildman–Crippen MR) is 75.0 cm³/mol. The van der Waals surface area contributed by atoms with E-state index in [4.69, 9.17) is 16.9 Å². The average molecular weight is 303 g/mol. The number of nitriles is 1. The Bertz CT molecular complexity index is 753. The first-order valence-corrected chi connectivity index (χ1v) is 6.01. The molecule has 0 bridgehead atoms. The Morgan fingerprint density at radius 1 is 1.38 bits per heavy atom. The number of benzene rings is 1. The lowest BCUT2D eigenvalue weighted by Crippen LogP contribution is -2.14. The number of nitrogens with zero attached hydrogens (tertiary/aromatic N) is 3. The third kappa shape index (κ3) is 3.13. The summed E-state index contributed by atoms with van der Waals surface area (Å²) in [4.78, 5) is 26.0. The van der Waals surface area contributed by atoms with Crippen LogP contribution in [0.5, 0.6) is 0 Å². The van der Waals surface area contributed by atoms with Crippen molar-refractivity contribution in [3.63, 3.8) is 0 Å². The minimum absolute atomic E-state index is 0.0305. The molecule has 0 spiro atoms. The molecular weight excluding hydrogens is 296 g/mol. The molecular formula is C13H7ClN4O3. The zero-order valence-corrected chi connectivity index (χ0v) is 11.2. The van der Waals surface area contributed by atoms with E-state index >= 15 is 0 Å². The number of pyridine rings is 1. The predicted octanol–water partition coefficient (Wildman–Crippen LogP) is 2.77. The Balaban J connectivity index is 2.26. The van der Waals surface area contributed by atoms with Gasteiger partial charge in [0, 0.05) is 12.3 Å². The third-order valence-corrected chi connectivity index (χ3v) is 2.95. The number of nitro groups is 1. The number of nitrogens with one attached hydrogen (secondary N) is 1. The molecule has 0 saturated heterocycles. The van der Waals surface area contributed by atoms with Crippen LogP contribution < -0.4 is 5.32 Å². The van der Waals surface area contributed by atoms with Gasteiger partial charge in [0.15, 0.2) is 0 Å². The summed E-state index contributed by atoms with van der Waals surface area (Å²) < 4.78 is 0. The highest BCUT2D eigenvalue weighted by Gasteiger charge is 2.20. The minimum atomic E-state index is -0.668. The number of halogens is 1. The molecule has 1 amide bonds. The van der Waals surface area contributed by atoms with Gasteiger partial charge in [0.2, 0.25) is 0 Å². The Morgan fingerprint density at radius 2 is 2.14 bits per heavy atom. The summed E-state index contributed by atoms with van der Waals surface area (Å²) >= 11 is 5.85. The zero-order valence-electron chi connectivity index (χ0n) is 10.4. The maximum Gasteiger partial charge on any atom is 0.288 e. The van der Waals surface area contributed by atoms with E-state index in [2.05, 4.69) is 10.3 Å². The van der Waals surface area contributed by atoms with Crippen LogP contribution in [0.25, 0.3) is 0 Å². The smallest absolute Gasteiger partial charge is 0.288 e. The third-order valence-electron chi connectivity index (χ3n) is 2.55. The summed E-state index contributed by atoms with van der Waals surface area (Å²) in [7, 11) is 0. The van der Waals surface area contributed by atoms with Crippen LogP contribution in [0.15, 0.2) is 36.5 Å². The number of nitro benzene ring substituents is 1. The molecule has 0 saturated carbocycles. The van der Waals surface area contributed by atoms with Gasteiger partial charge in [-0.1, -0.05) is 17.7 Å². The molecule has 0 aliphatic heterocycles. The van der Waals surface area contributed by atoms with Crippen LogP contribution in [-0.2, 0) is 0 Å². The fourth-order valence-electron chi connectivity index (χ4n) is 1.55. The van der Waals surface area contributed by atoms with Crippen LogP contribution in [0, 0.1) is 21.4 Å². The van der Waals surface area contributed by atoms with Crippen molar-refractivity contribution in [2.24, 2.45) is 0 Å². The first kappa shape index (κ1) is 14.4. The van der Waals surface area contributed by atoms with Crippen molar-refractivity contribution in [2.45, 2.75) is 0 Å². The van der Waals surface area contributed by atoms with E-state index in [0.29, 0.717) is 5.56 Å². The summed E-state index contributed by atoms with van der Waals surface area (Å²) in [6, 6.07) is 8.77. The second kappa shape index (κ2) is 5.98. The SMILES string of the molecule is N#Cc1ccc(NC(=O)c2cccc([N+](=O)[O-])c2Cl)nc1. The molecule has 2 rings (SSSR count). The molecule has 0 atom stereocenters. The van der Waals surface area contributed by atoms with Crippen molar-refractivity contribution in [1.29, 1.82) is 5.26 Å². The molecule has 8 heteroatoms. The lowest BCUT2D eigenvalue weighted by Gasteiger charge is -2.06. The van der Waals surface area contributed by atoms with Gasteiger partial charge in [-0.05, 0) is 18.2 Å². The molecule has 0 radical (unpaired) electrons. The Hall–Kier alpha value is -2.98. The van der Waals surface area contributed by atoms with E-state index in [1.807, 2.05) is 6.07 Å². The van der Waals surface area contributed by atoms with Crippen LogP contribution in [-0.4, -0.2) is 15.8 Å². The molecule has 2 aromatic rings. The van der Waals surface area contributed by atoms with Gasteiger partial charge in [-0.3, -0.25) is 14.9 Å². The van der Waals surface area contributed by atoms with Crippen molar-refractivity contribution >= 4 is 29.0 Å². The van der Waals surface area contributed by atoms with Gasteiger partial charge >= 0.3 is 0 Å². The number of aromatic nitrogens is 1. The highest BCUT2D eigenvalue weighted by molar-refractivity contribution is 6.36. The number of carbonyl (C=O) groups excluding carboxylic acids is 1. The fourth-order valence-corrected chi connectivity index (χ4v) is 1.83. The first-order valence-electron chi connectivity index (χ1n) is 5.63. The quantitative estimate of drug-likeness (QED) is 0.692. The van der Waals surface area contributed by atoms with Gasteiger partial charge in [0.05, 0.1) is 16.1 Å². The van der Waals surface area contributed by atoms with Crippen molar-refractivity contribution in [3.8, 4) is 6.07 Å². The maximum atomic E-state index is 12.0. The van der Waals surface area contributed by atoms with Crippen LogP contribution in [0.4, 0.5) is 11.5 Å². The Morgan fingerprint density at radius 3 is 2.71 bits per heavy atom. The van der Waals surface area contributed by atoms with Crippen LogP contribution in [0.3, 0.4) is 0 Å². The molecule has 1 aromatic heterocycles. The van der Waals surface area contributed by atoms with Crippen molar-refractivity contribution in [3.05, 3.63) is 62.8 Å². The molecule has 0 aliphatic carbocycles. The lowest BCUT2D eigenvalue weighted by molar-refractivity contribution is -0.384. The van der Waals surface area contributed by atoms with Crippen molar-refractivity contribution < 1.29 is 9.72 Å². The molecule has 21 heavy (non-hydrogen) atoms. The van der Waals surface area contributed by atoms with Crippen LogP contribution in [0.1, 0.15) is 15.9 Å². The molecule has 0 aliphatic rings. The Labute approximate surface area is 123 Å². The summed E-state index contributed by atoms with van der Waals surface area (Å²) in [6.45, 7) is 0. The summed E-state index contributed by atoms with van der Waals surface area (Å²) in [5.41, 5.74) is -0.0319. The number of hydrogen-bond donors (Lipinski definition) is 1. The van der Waals surface area contributed by atoms with Gasteiger partial charge in [0.25, 0.3) is 11.6 Å². The van der Waals surface area contributed by atoms with Crippen LogP contribution >= 0.6 is 11.6 Å². The number of hydrogen-bond acceptors (Lipinski definition) is 5. The largest absolute Gasteiger partial charge is 0.307 e. The lowest BCUT2D eigenvalue weighted by atomic mass is 10.2. The second-order valence-corrected chi connectivity index (χ2v) is 4.27. The number of carbonyl (C=O) groups is 1. The monoisotopic (exact) mass is 302 g/mol. The minimum Gasteiger partial charge on any atom is -0.307 e. The van der Waals surface area contributed by atoms with E-state index in [0.717, 1.165) is 0 Å². The van der Waals surface area contributed by atoms with Crippen molar-refractivity contribution in [1.82, 2.24) is 4.98 Å². The first-order chi connectivity index (χ1) is 10.0. The topological polar surface area (TPSA) is 109 Å². The summed E-state index contributed by atoms with van der Waals surface area (Å²) in [5.74, 6) is -0.414. The van der Waals surface area contributed by atoms with E-state index < -0.39 is 10.8 Å². The zero-order chi connectivity index (χ0) is 15.4. The number of rotatable bonds is 3. The normalized spacial score (nSPS) is 9.71. The highest BCUT2D eigenvalue weighted by atomic mass is 35.5. The molecule has 1 aromatic carbocycles. The average Bonchev–Trinajstić information content (AvgIpc) is 2.47. The van der Waals surface area contributed by atoms with Gasteiger partial charge < -0.3 is 5.32 Å². The maximum absolute atomic E-state index is 12.0.